The van der Waals surface area contributed by atoms with E-state index < -0.39 is 6.36 Å². The minimum Gasteiger partial charge on any atom is -0.406 e. The van der Waals surface area contributed by atoms with Crippen LogP contribution in [0.15, 0.2) is 36.1 Å². The molecule has 0 aromatic carbocycles. The van der Waals surface area contributed by atoms with Crippen molar-refractivity contribution in [3.05, 3.63) is 36.1 Å². The van der Waals surface area contributed by atoms with E-state index in [1.807, 2.05) is 0 Å². The Kier molecular flexibility index (Phi) is 2.26. The number of halogens is 3. The Bertz CT molecular complexity index is 248. The molecule has 0 atom stereocenters. The Balaban J connectivity index is 2.64. The third kappa shape index (κ3) is 2.45. The van der Waals surface area contributed by atoms with E-state index >= 15 is 0 Å². The summed E-state index contributed by atoms with van der Waals surface area (Å²) in [5, 5.41) is 0. The lowest BCUT2D eigenvalue weighted by Gasteiger charge is -2.14. The molecule has 0 fully saturated rings. The van der Waals surface area contributed by atoms with Gasteiger partial charge in [-0.2, -0.15) is 0 Å². The van der Waals surface area contributed by atoms with Gasteiger partial charge < -0.3 is 4.74 Å². The van der Waals surface area contributed by atoms with Gasteiger partial charge in [-0.25, -0.2) is 0 Å². The van der Waals surface area contributed by atoms with Gasteiger partial charge in [0.05, 0.1) is 0 Å². The summed E-state index contributed by atoms with van der Waals surface area (Å²) in [7, 11) is 0. The van der Waals surface area contributed by atoms with E-state index in [1.165, 1.54) is 12.2 Å². The standard InChI is InChI=1S/C8H7F3O/c1-6-4-2-3-5-7(6)12-8(9,10)11/h2,4-5H,1,3H2. The van der Waals surface area contributed by atoms with Crippen molar-refractivity contribution in [1.29, 1.82) is 0 Å². The average Bonchev–Trinajstić information content (AvgIpc) is 1.91. The van der Waals surface area contributed by atoms with E-state index in [-0.39, 0.29) is 11.3 Å². The third-order valence-corrected chi connectivity index (χ3v) is 1.30. The zero-order valence-electron chi connectivity index (χ0n) is 6.19. The van der Waals surface area contributed by atoms with Crippen LogP contribution in [0.3, 0.4) is 0 Å². The SMILES string of the molecule is C=C1C=CCC=C1OC(F)(F)F. The normalized spacial score (nSPS) is 17.6. The van der Waals surface area contributed by atoms with Crippen LogP contribution in [-0.2, 0) is 4.74 Å². The van der Waals surface area contributed by atoms with Gasteiger partial charge in [0.15, 0.2) is 0 Å². The molecule has 4 heteroatoms. The molecule has 0 unspecified atom stereocenters. The monoisotopic (exact) mass is 176 g/mol. The quantitative estimate of drug-likeness (QED) is 0.596. The first-order chi connectivity index (χ1) is 5.49. The Hall–Kier alpha value is -1.19. The molecular formula is C8H7F3O. The highest BCUT2D eigenvalue weighted by Gasteiger charge is 2.32. The topological polar surface area (TPSA) is 9.23 Å². The van der Waals surface area contributed by atoms with Gasteiger partial charge in [-0.1, -0.05) is 18.7 Å². The first kappa shape index (κ1) is 8.90. The Morgan fingerprint density at radius 3 is 2.58 bits per heavy atom. The van der Waals surface area contributed by atoms with Crippen molar-refractivity contribution >= 4 is 0 Å². The first-order valence-corrected chi connectivity index (χ1v) is 3.31. The number of hydrogen-bond acceptors (Lipinski definition) is 1. The molecule has 0 aromatic rings. The minimum absolute atomic E-state index is 0.204. The molecule has 12 heavy (non-hydrogen) atoms. The molecule has 1 aliphatic carbocycles. The first-order valence-electron chi connectivity index (χ1n) is 3.31. The highest BCUT2D eigenvalue weighted by Crippen LogP contribution is 2.26. The van der Waals surface area contributed by atoms with E-state index in [0.29, 0.717) is 6.42 Å². The molecule has 1 rings (SSSR count). The van der Waals surface area contributed by atoms with Crippen molar-refractivity contribution in [1.82, 2.24) is 0 Å². The Labute approximate surface area is 67.8 Å². The second-order valence-electron chi connectivity index (χ2n) is 2.28. The Morgan fingerprint density at radius 1 is 1.42 bits per heavy atom. The lowest BCUT2D eigenvalue weighted by Crippen LogP contribution is -2.14. The summed E-state index contributed by atoms with van der Waals surface area (Å²) in [6, 6.07) is 0. The van der Waals surface area contributed by atoms with Crippen LogP contribution in [0.25, 0.3) is 0 Å². The van der Waals surface area contributed by atoms with Crippen molar-refractivity contribution in [3.8, 4) is 0 Å². The van der Waals surface area contributed by atoms with Crippen LogP contribution in [0.2, 0.25) is 0 Å². The molecule has 1 aliphatic rings. The third-order valence-electron chi connectivity index (χ3n) is 1.30. The number of alkyl halides is 3. The molecule has 0 aliphatic heterocycles. The second-order valence-corrected chi connectivity index (χ2v) is 2.28. The summed E-state index contributed by atoms with van der Waals surface area (Å²) in [5.74, 6) is -0.204. The van der Waals surface area contributed by atoms with Gasteiger partial charge in [0.1, 0.15) is 5.76 Å². The molecule has 0 radical (unpaired) electrons. The van der Waals surface area contributed by atoms with Crippen molar-refractivity contribution in [2.24, 2.45) is 0 Å². The summed E-state index contributed by atoms with van der Waals surface area (Å²) in [5.41, 5.74) is 0.249. The number of hydrogen-bond donors (Lipinski definition) is 0. The van der Waals surface area contributed by atoms with E-state index in [4.69, 9.17) is 0 Å². The number of rotatable bonds is 1. The molecule has 0 saturated heterocycles. The van der Waals surface area contributed by atoms with Gasteiger partial charge in [0.2, 0.25) is 0 Å². The molecule has 0 bridgehead atoms. The van der Waals surface area contributed by atoms with Crippen LogP contribution in [-0.4, -0.2) is 6.36 Å². The van der Waals surface area contributed by atoms with E-state index in [0.717, 1.165) is 0 Å². The largest absolute Gasteiger partial charge is 0.573 e. The minimum atomic E-state index is -4.63. The summed E-state index contributed by atoms with van der Waals surface area (Å²) in [6.45, 7) is 3.40. The van der Waals surface area contributed by atoms with Gasteiger partial charge in [-0.15, -0.1) is 13.2 Å². The molecule has 66 valence electrons. The van der Waals surface area contributed by atoms with Crippen molar-refractivity contribution in [2.45, 2.75) is 12.8 Å². The summed E-state index contributed by atoms with van der Waals surface area (Å²) >= 11 is 0. The van der Waals surface area contributed by atoms with Gasteiger partial charge in [0, 0.05) is 5.57 Å². The molecule has 0 spiro atoms. The van der Waals surface area contributed by atoms with E-state index in [9.17, 15) is 13.2 Å². The molecule has 0 N–H and O–H groups in total. The van der Waals surface area contributed by atoms with Crippen LogP contribution in [0.1, 0.15) is 6.42 Å². The zero-order valence-corrected chi connectivity index (χ0v) is 6.19. The van der Waals surface area contributed by atoms with Crippen LogP contribution in [0.4, 0.5) is 13.2 Å². The van der Waals surface area contributed by atoms with Crippen LogP contribution >= 0.6 is 0 Å². The van der Waals surface area contributed by atoms with Crippen molar-refractivity contribution in [3.63, 3.8) is 0 Å². The van der Waals surface area contributed by atoms with Crippen molar-refractivity contribution < 1.29 is 17.9 Å². The molecule has 1 nitrogen and oxygen atoms in total. The van der Waals surface area contributed by atoms with E-state index in [2.05, 4.69) is 11.3 Å². The lowest BCUT2D eigenvalue weighted by atomic mass is 10.1. The Morgan fingerprint density at radius 2 is 2.08 bits per heavy atom. The van der Waals surface area contributed by atoms with Crippen LogP contribution in [0, 0.1) is 0 Å². The van der Waals surface area contributed by atoms with Crippen molar-refractivity contribution in [2.75, 3.05) is 0 Å². The average molecular weight is 176 g/mol. The maximum absolute atomic E-state index is 11.7. The van der Waals surface area contributed by atoms with Crippen LogP contribution < -0.4 is 0 Å². The predicted molar refractivity (Wildman–Crippen MR) is 38.1 cm³/mol. The summed E-state index contributed by atoms with van der Waals surface area (Å²) in [6.07, 6.45) is 0.382. The van der Waals surface area contributed by atoms with Crippen LogP contribution in [0.5, 0.6) is 0 Å². The predicted octanol–water partition coefficient (Wildman–Crippen LogP) is 2.92. The molecular weight excluding hydrogens is 169 g/mol. The van der Waals surface area contributed by atoms with Gasteiger partial charge in [-0.3, -0.25) is 0 Å². The maximum atomic E-state index is 11.7. The molecule has 0 amide bonds. The molecule has 0 aromatic heterocycles. The number of allylic oxidation sites excluding steroid dienone is 3. The van der Waals surface area contributed by atoms with Gasteiger partial charge in [-0.05, 0) is 12.5 Å². The fourth-order valence-corrected chi connectivity index (χ4v) is 0.831. The smallest absolute Gasteiger partial charge is 0.406 e. The molecule has 0 heterocycles. The van der Waals surface area contributed by atoms with Gasteiger partial charge >= 0.3 is 6.36 Å². The van der Waals surface area contributed by atoms with E-state index in [1.54, 1.807) is 6.08 Å². The fraction of sp³-hybridized carbons (Fsp3) is 0.250. The second kappa shape index (κ2) is 3.05. The number of ether oxygens (including phenoxy) is 1. The highest BCUT2D eigenvalue weighted by atomic mass is 19.4. The zero-order chi connectivity index (χ0) is 9.19. The summed E-state index contributed by atoms with van der Waals surface area (Å²) in [4.78, 5) is 0. The van der Waals surface area contributed by atoms with Gasteiger partial charge in [0.25, 0.3) is 0 Å². The highest BCUT2D eigenvalue weighted by molar-refractivity contribution is 5.37. The lowest BCUT2D eigenvalue weighted by molar-refractivity contribution is -0.303. The molecule has 0 saturated carbocycles. The summed E-state index contributed by atoms with van der Waals surface area (Å²) < 4.78 is 38.8. The fourth-order valence-electron chi connectivity index (χ4n) is 0.831. The maximum Gasteiger partial charge on any atom is 0.573 e.